The van der Waals surface area contributed by atoms with Crippen molar-refractivity contribution in [1.82, 2.24) is 0 Å². The van der Waals surface area contributed by atoms with Crippen molar-refractivity contribution in [2.75, 3.05) is 41.9 Å². The monoisotopic (exact) mass is 969 g/mol. The van der Waals surface area contributed by atoms with Crippen LogP contribution < -0.4 is 20.2 Å². The lowest BCUT2D eigenvalue weighted by atomic mass is 9.81. The molecule has 15 heteroatoms. The lowest BCUT2D eigenvalue weighted by Crippen LogP contribution is -2.29. The highest BCUT2D eigenvalue weighted by atomic mass is 32.2. The van der Waals surface area contributed by atoms with Gasteiger partial charge >= 0.3 is 5.69 Å². The Hall–Kier alpha value is -5.96. The van der Waals surface area contributed by atoms with Crippen LogP contribution in [0.4, 0.5) is 28.4 Å². The molecule has 2 heterocycles. The van der Waals surface area contributed by atoms with Gasteiger partial charge in [-0.25, -0.2) is 8.42 Å². The Morgan fingerprint density at radius 1 is 0.838 bits per heavy atom. The van der Waals surface area contributed by atoms with Crippen LogP contribution in [0.3, 0.4) is 0 Å². The van der Waals surface area contributed by atoms with E-state index in [1.807, 2.05) is 71.3 Å². The van der Waals surface area contributed by atoms with E-state index in [-0.39, 0.29) is 17.4 Å². The predicted octanol–water partition coefficient (Wildman–Crippen LogP) is 11.8. The Bertz CT molecular complexity index is 2910. The third-order valence-corrected chi connectivity index (χ3v) is 14.7. The number of ether oxygens (including phenoxy) is 1. The molecule has 12 nitrogen and oxygen atoms in total. The predicted molar refractivity (Wildman–Crippen MR) is 271 cm³/mol. The minimum atomic E-state index is -4.40. The molecule has 0 amide bonds. The standard InChI is InChI=1S/C40H44N2O6S3.C13H12N3O/c1-39(2)32-17-8-10-19-34(32)41(25-27-49-48-47-43)36(39)23-21-29-13-12-14-30(38(29)50-31-15-6-5-7-16-31)22-24-37-40(3,4)33-18-9-11-20-35(33)42(37)26-28-51(44,45)46;1-17-13-9-11(7-8-12(13)16-14)15-10-5-3-2-4-6-10/h5-11,15-24H,12-14,25-28H2,1-4H3,(H-,43,44,45,46);2-9,15H,1H3/q;+1/p-1. The van der Waals surface area contributed by atoms with Gasteiger partial charge in [0.2, 0.25) is 16.8 Å². The molecule has 0 spiro atoms. The van der Waals surface area contributed by atoms with Crippen LogP contribution in [0, 0.1) is 5.39 Å². The van der Waals surface area contributed by atoms with E-state index in [2.05, 4.69) is 125 Å². The molecule has 0 fully saturated rings. The third-order valence-electron chi connectivity index (χ3n) is 12.3. The first-order chi connectivity index (χ1) is 32.7. The highest BCUT2D eigenvalue weighted by molar-refractivity contribution is 8.03. The third kappa shape index (κ3) is 11.8. The molecule has 1 aliphatic carbocycles. The summed E-state index contributed by atoms with van der Waals surface area (Å²) in [4.78, 5) is 7.80. The molecule has 0 atom stereocenters. The van der Waals surface area contributed by atoms with E-state index in [0.29, 0.717) is 23.7 Å². The van der Waals surface area contributed by atoms with E-state index < -0.39 is 15.9 Å². The molecular weight excluding hydrogens is 915 g/mol. The second-order valence-corrected chi connectivity index (χ2v) is 20.8. The lowest BCUT2D eigenvalue weighted by molar-refractivity contribution is -0.777. The van der Waals surface area contributed by atoms with Gasteiger partial charge in [-0.15, -0.1) is 0 Å². The summed E-state index contributed by atoms with van der Waals surface area (Å²) in [7, 11) is -2.86. The first kappa shape index (κ1) is 49.9. The van der Waals surface area contributed by atoms with Gasteiger partial charge in [0.25, 0.3) is 0 Å². The average molecular weight is 970 g/mol. The van der Waals surface area contributed by atoms with Crippen LogP contribution in [0.2, 0.25) is 0 Å². The Morgan fingerprint density at radius 3 is 2.24 bits per heavy atom. The molecule has 5 aromatic rings. The van der Waals surface area contributed by atoms with Crippen LogP contribution >= 0.6 is 23.8 Å². The molecule has 0 unspecified atom stereocenters. The van der Waals surface area contributed by atoms with E-state index in [9.17, 15) is 18.2 Å². The number of benzene rings is 5. The van der Waals surface area contributed by atoms with Crippen LogP contribution in [0.15, 0.2) is 178 Å². The fourth-order valence-electron chi connectivity index (χ4n) is 8.99. The summed E-state index contributed by atoms with van der Waals surface area (Å²) in [5, 5.41) is 26.0. The zero-order valence-electron chi connectivity index (χ0n) is 38.8. The maximum Gasteiger partial charge on any atom is 0.426 e. The molecular formula is C53H55N5O7S3. The summed E-state index contributed by atoms with van der Waals surface area (Å²) >= 11 is 2.76. The van der Waals surface area contributed by atoms with Gasteiger partial charge in [-0.1, -0.05) is 111 Å². The number of nitrogens with zero attached hydrogens (tertiary/aromatic N) is 4. The van der Waals surface area contributed by atoms with Crippen LogP contribution in [0.5, 0.6) is 5.75 Å². The highest BCUT2D eigenvalue weighted by Gasteiger charge is 2.44. The number of thioether (sulfide) groups is 1. The van der Waals surface area contributed by atoms with Crippen molar-refractivity contribution in [2.45, 2.75) is 62.7 Å². The number of diazo groups is 1. The van der Waals surface area contributed by atoms with Crippen LogP contribution in [0.1, 0.15) is 58.1 Å². The van der Waals surface area contributed by atoms with Gasteiger partial charge in [0, 0.05) is 92.2 Å². The molecule has 0 radical (unpaired) electrons. The van der Waals surface area contributed by atoms with Gasteiger partial charge in [-0.3, -0.25) is 5.04 Å². The molecule has 1 N–H and O–H groups in total. The van der Waals surface area contributed by atoms with Crippen molar-refractivity contribution < 1.29 is 36.9 Å². The summed E-state index contributed by atoms with van der Waals surface area (Å²) in [6.45, 7) is 9.52. The van der Waals surface area contributed by atoms with Crippen molar-refractivity contribution >= 4 is 68.1 Å². The summed E-state index contributed by atoms with van der Waals surface area (Å²) in [6.07, 6.45) is 11.7. The number of nitrogens with one attached hydrogen (secondary N) is 1. The molecule has 0 saturated carbocycles. The molecule has 8 rings (SSSR count). The molecule has 0 saturated heterocycles. The zero-order chi connectivity index (χ0) is 48.3. The Balaban J connectivity index is 0.000000337. The van der Waals surface area contributed by atoms with Crippen molar-refractivity contribution in [3.05, 3.63) is 190 Å². The Labute approximate surface area is 408 Å². The number of rotatable bonds is 16. The highest BCUT2D eigenvalue weighted by Crippen LogP contribution is 2.49. The SMILES string of the molecule is CC1(C)C(/C=C/C2=C(Sc3ccccc3)C(=C/C=C3/N(CCSOO[O-])c4ccccc4C3(C)C)/CCC2)=[N+](CCS(=O)(=O)[O-])c2ccccc21.COc1cc(Nc2ccccc2)ccc1[N+]#N. The minimum absolute atomic E-state index is 0.0958. The summed E-state index contributed by atoms with van der Waals surface area (Å²) in [6, 6.07) is 41.9. The van der Waals surface area contributed by atoms with Gasteiger partial charge < -0.3 is 24.8 Å². The van der Waals surface area contributed by atoms with Gasteiger partial charge in [0.1, 0.15) is 10.1 Å². The summed E-state index contributed by atoms with van der Waals surface area (Å²) in [5.41, 5.74) is 10.7. The number of anilines is 3. The van der Waals surface area contributed by atoms with E-state index in [1.54, 1.807) is 23.9 Å². The van der Waals surface area contributed by atoms with Gasteiger partial charge in [-0.2, -0.15) is 8.91 Å². The number of methoxy groups -OCH3 is 1. The van der Waals surface area contributed by atoms with E-state index in [0.717, 1.165) is 75.9 Å². The van der Waals surface area contributed by atoms with Crippen LogP contribution in [-0.2, 0) is 30.3 Å². The molecule has 352 valence electrons. The number of allylic oxidation sites excluding steroid dienone is 7. The smallest absolute Gasteiger partial charge is 0.426 e. The first-order valence-corrected chi connectivity index (χ1v) is 25.6. The minimum Gasteiger partial charge on any atom is -0.748 e. The maximum absolute atomic E-state index is 11.7. The van der Waals surface area contributed by atoms with Crippen molar-refractivity contribution in [3.8, 4) is 5.75 Å². The first-order valence-electron chi connectivity index (χ1n) is 22.3. The molecule has 5 aromatic carbocycles. The second-order valence-electron chi connectivity index (χ2n) is 17.4. The molecule has 2 aliphatic heterocycles. The quantitative estimate of drug-likeness (QED) is 0.0190. The van der Waals surface area contributed by atoms with Crippen molar-refractivity contribution in [2.24, 2.45) is 0 Å². The average Bonchev–Trinajstić information content (AvgIpc) is 3.69. The van der Waals surface area contributed by atoms with E-state index in [1.165, 1.54) is 28.7 Å². The lowest BCUT2D eigenvalue weighted by Gasteiger charge is -2.27. The molecule has 68 heavy (non-hydrogen) atoms. The Kier molecular flexibility index (Phi) is 16.5. The fraction of sp³-hybridized carbons (Fsp3) is 0.264. The van der Waals surface area contributed by atoms with Crippen LogP contribution in [0.25, 0.3) is 4.98 Å². The van der Waals surface area contributed by atoms with Gasteiger partial charge in [0.05, 0.1) is 18.3 Å². The summed E-state index contributed by atoms with van der Waals surface area (Å²) < 4.78 is 46.9. The number of para-hydroxylation sites is 3. The molecule has 0 aromatic heterocycles. The van der Waals surface area contributed by atoms with E-state index >= 15 is 0 Å². The number of fused-ring (bicyclic) bond motifs is 2. The van der Waals surface area contributed by atoms with E-state index in [4.69, 9.17) is 10.1 Å². The van der Waals surface area contributed by atoms with Gasteiger partial charge in [0.15, 0.2) is 17.2 Å². The van der Waals surface area contributed by atoms with Crippen molar-refractivity contribution in [3.63, 3.8) is 0 Å². The maximum atomic E-state index is 11.7. The normalized spacial score (nSPS) is 17.2. The zero-order valence-corrected chi connectivity index (χ0v) is 41.2. The van der Waals surface area contributed by atoms with Crippen LogP contribution in [-0.4, -0.2) is 55.0 Å². The topological polar surface area (TPSA) is 154 Å². The largest absolute Gasteiger partial charge is 0.748 e. The van der Waals surface area contributed by atoms with Gasteiger partial charge in [-0.05, 0) is 92.3 Å². The van der Waals surface area contributed by atoms with Crippen molar-refractivity contribution in [1.29, 1.82) is 5.39 Å². The summed E-state index contributed by atoms with van der Waals surface area (Å²) in [5.74, 6) is 0.596. The Morgan fingerprint density at radius 2 is 1.53 bits per heavy atom. The fourth-order valence-corrected chi connectivity index (χ4v) is 10.9. The second kappa shape index (κ2) is 22.4. The number of hydrogen-bond donors (Lipinski definition) is 1. The molecule has 0 bridgehead atoms. The number of hydrogen-bond acceptors (Lipinski definition) is 12. The molecule has 3 aliphatic rings.